The lowest BCUT2D eigenvalue weighted by Crippen LogP contribution is -2.45. The fourth-order valence-corrected chi connectivity index (χ4v) is 2.01. The fraction of sp³-hybridized carbons (Fsp3) is 1.00. The van der Waals surface area contributed by atoms with Gasteiger partial charge in [0.15, 0.2) is 0 Å². The monoisotopic (exact) mass is 221 g/mol. The third-order valence-electron chi connectivity index (χ3n) is 3.14. The Morgan fingerprint density at radius 2 is 2.07 bits per heavy atom. The highest BCUT2D eigenvalue weighted by atomic mass is 19.3. The van der Waals surface area contributed by atoms with Gasteiger partial charge in [0.2, 0.25) is 0 Å². The minimum Gasteiger partial charge on any atom is -0.396 e. The summed E-state index contributed by atoms with van der Waals surface area (Å²) < 4.78 is 26.2. The molecule has 0 spiro atoms. The average Bonchev–Trinajstić information content (AvgIpc) is 2.12. The molecule has 0 aromatic carbocycles. The molecule has 2 nitrogen and oxygen atoms in total. The van der Waals surface area contributed by atoms with Gasteiger partial charge in [-0.25, -0.2) is 8.78 Å². The normalized spacial score (nSPS) is 24.4. The molecule has 1 unspecified atom stereocenters. The molecule has 0 bridgehead atoms. The molecule has 0 saturated carbocycles. The van der Waals surface area contributed by atoms with E-state index in [0.717, 1.165) is 6.54 Å². The third kappa shape index (κ3) is 4.03. The number of nitrogens with zero attached hydrogens (tertiary/aromatic N) is 1. The topological polar surface area (TPSA) is 23.5 Å². The Labute approximate surface area is 90.3 Å². The lowest BCUT2D eigenvalue weighted by Gasteiger charge is -2.35. The molecule has 0 radical (unpaired) electrons. The molecule has 0 aliphatic carbocycles. The van der Waals surface area contributed by atoms with Crippen LogP contribution in [0.3, 0.4) is 0 Å². The molecule has 0 aromatic heterocycles. The van der Waals surface area contributed by atoms with Crippen LogP contribution in [0.1, 0.15) is 26.7 Å². The second-order valence-corrected chi connectivity index (χ2v) is 4.88. The number of alkyl halides is 2. The minimum absolute atomic E-state index is 0.00890. The summed E-state index contributed by atoms with van der Waals surface area (Å²) in [5.74, 6) is -2.08. The van der Waals surface area contributed by atoms with Crippen molar-refractivity contribution in [2.75, 3.05) is 26.2 Å². The standard InChI is InChI=1S/C11H21F2NO/c1-9(2)10(7-15)6-14-5-3-4-11(12,13)8-14/h9-10,15H,3-8H2,1-2H3. The first-order valence-corrected chi connectivity index (χ1v) is 5.65. The highest BCUT2D eigenvalue weighted by Gasteiger charge is 2.35. The van der Waals surface area contributed by atoms with Crippen molar-refractivity contribution in [2.24, 2.45) is 11.8 Å². The Hall–Kier alpha value is -0.220. The van der Waals surface area contributed by atoms with Gasteiger partial charge < -0.3 is 5.11 Å². The van der Waals surface area contributed by atoms with Crippen LogP contribution in [-0.2, 0) is 0 Å². The summed E-state index contributed by atoms with van der Waals surface area (Å²) in [7, 11) is 0. The van der Waals surface area contributed by atoms with Gasteiger partial charge in [0.25, 0.3) is 5.92 Å². The van der Waals surface area contributed by atoms with E-state index in [1.54, 1.807) is 4.90 Å². The first-order chi connectivity index (χ1) is 6.94. The maximum Gasteiger partial charge on any atom is 0.260 e. The van der Waals surface area contributed by atoms with Crippen molar-refractivity contribution in [1.29, 1.82) is 0 Å². The van der Waals surface area contributed by atoms with Gasteiger partial charge in [-0.1, -0.05) is 13.8 Å². The van der Waals surface area contributed by atoms with Crippen molar-refractivity contribution in [2.45, 2.75) is 32.6 Å². The number of aliphatic hydroxyl groups is 1. The molecule has 15 heavy (non-hydrogen) atoms. The van der Waals surface area contributed by atoms with Crippen molar-refractivity contribution in [3.63, 3.8) is 0 Å². The van der Waals surface area contributed by atoms with Crippen LogP contribution in [0.15, 0.2) is 0 Å². The van der Waals surface area contributed by atoms with Crippen molar-refractivity contribution >= 4 is 0 Å². The van der Waals surface area contributed by atoms with E-state index in [4.69, 9.17) is 5.11 Å². The maximum atomic E-state index is 13.1. The Balaban J connectivity index is 2.43. The van der Waals surface area contributed by atoms with Crippen LogP contribution in [0.4, 0.5) is 8.78 Å². The van der Waals surface area contributed by atoms with Crippen molar-refractivity contribution in [3.05, 3.63) is 0 Å². The predicted molar refractivity (Wildman–Crippen MR) is 56.0 cm³/mol. The zero-order valence-electron chi connectivity index (χ0n) is 9.55. The second-order valence-electron chi connectivity index (χ2n) is 4.88. The second kappa shape index (κ2) is 5.21. The molecular weight excluding hydrogens is 200 g/mol. The van der Waals surface area contributed by atoms with Crippen LogP contribution in [0.5, 0.6) is 0 Å². The molecule has 1 atom stereocenters. The summed E-state index contributed by atoms with van der Waals surface area (Å²) in [5.41, 5.74) is 0. The van der Waals surface area contributed by atoms with Crippen LogP contribution in [0, 0.1) is 11.8 Å². The number of halogens is 2. The van der Waals surface area contributed by atoms with E-state index in [0.29, 0.717) is 18.9 Å². The van der Waals surface area contributed by atoms with E-state index in [9.17, 15) is 8.78 Å². The summed E-state index contributed by atoms with van der Waals surface area (Å²) in [5, 5.41) is 9.14. The highest BCUT2D eigenvalue weighted by molar-refractivity contribution is 4.80. The average molecular weight is 221 g/mol. The van der Waals surface area contributed by atoms with Crippen molar-refractivity contribution < 1.29 is 13.9 Å². The van der Waals surface area contributed by atoms with Crippen LogP contribution in [0.2, 0.25) is 0 Å². The maximum absolute atomic E-state index is 13.1. The summed E-state index contributed by atoms with van der Waals surface area (Å²) in [6.07, 6.45) is 0.568. The molecule has 1 aliphatic heterocycles. The van der Waals surface area contributed by atoms with Crippen LogP contribution < -0.4 is 0 Å². The number of rotatable bonds is 4. The first kappa shape index (κ1) is 12.8. The Kier molecular flexibility index (Phi) is 4.46. The van der Waals surface area contributed by atoms with Gasteiger partial charge in [0.1, 0.15) is 0 Å². The summed E-state index contributed by atoms with van der Waals surface area (Å²) in [6.45, 7) is 5.30. The summed E-state index contributed by atoms with van der Waals surface area (Å²) in [4.78, 5) is 1.78. The van der Waals surface area contributed by atoms with Gasteiger partial charge in [0, 0.05) is 19.6 Å². The molecule has 0 aromatic rings. The van der Waals surface area contributed by atoms with E-state index in [2.05, 4.69) is 0 Å². The number of hydrogen-bond donors (Lipinski definition) is 1. The first-order valence-electron chi connectivity index (χ1n) is 5.65. The van der Waals surface area contributed by atoms with Gasteiger partial charge in [-0.2, -0.15) is 0 Å². The molecule has 4 heteroatoms. The number of hydrogen-bond acceptors (Lipinski definition) is 2. The summed E-state index contributed by atoms with van der Waals surface area (Å²) >= 11 is 0. The fourth-order valence-electron chi connectivity index (χ4n) is 2.01. The quantitative estimate of drug-likeness (QED) is 0.784. The molecule has 1 saturated heterocycles. The smallest absolute Gasteiger partial charge is 0.260 e. The van der Waals surface area contributed by atoms with E-state index < -0.39 is 5.92 Å². The number of piperidine rings is 1. The van der Waals surface area contributed by atoms with Gasteiger partial charge in [-0.3, -0.25) is 4.90 Å². The number of aliphatic hydroxyl groups excluding tert-OH is 1. The van der Waals surface area contributed by atoms with Crippen LogP contribution in [0.25, 0.3) is 0 Å². The Bertz CT molecular complexity index is 197. The van der Waals surface area contributed by atoms with Crippen molar-refractivity contribution in [1.82, 2.24) is 4.90 Å². The zero-order chi connectivity index (χ0) is 11.5. The van der Waals surface area contributed by atoms with Gasteiger partial charge in [-0.05, 0) is 24.8 Å². The molecule has 1 N–H and O–H groups in total. The van der Waals surface area contributed by atoms with Gasteiger partial charge >= 0.3 is 0 Å². The molecule has 90 valence electrons. The lowest BCUT2D eigenvalue weighted by atomic mass is 9.95. The molecule has 0 amide bonds. The Morgan fingerprint density at radius 3 is 2.53 bits per heavy atom. The molecule has 1 aliphatic rings. The number of likely N-dealkylation sites (tertiary alicyclic amines) is 1. The van der Waals surface area contributed by atoms with E-state index in [-0.39, 0.29) is 25.5 Å². The van der Waals surface area contributed by atoms with Crippen LogP contribution >= 0.6 is 0 Å². The van der Waals surface area contributed by atoms with Crippen LogP contribution in [-0.4, -0.2) is 42.2 Å². The van der Waals surface area contributed by atoms with E-state index in [1.165, 1.54) is 0 Å². The molecule has 1 fully saturated rings. The van der Waals surface area contributed by atoms with Crippen molar-refractivity contribution in [3.8, 4) is 0 Å². The zero-order valence-corrected chi connectivity index (χ0v) is 9.55. The van der Waals surface area contributed by atoms with E-state index >= 15 is 0 Å². The third-order valence-corrected chi connectivity index (χ3v) is 3.14. The van der Waals surface area contributed by atoms with Gasteiger partial charge in [-0.15, -0.1) is 0 Å². The SMILES string of the molecule is CC(C)C(CO)CN1CCCC(F)(F)C1. The molecule has 1 rings (SSSR count). The molecular formula is C11H21F2NO. The van der Waals surface area contributed by atoms with E-state index in [1.807, 2.05) is 13.8 Å². The van der Waals surface area contributed by atoms with Gasteiger partial charge in [0.05, 0.1) is 6.54 Å². The highest BCUT2D eigenvalue weighted by Crippen LogP contribution is 2.27. The minimum atomic E-state index is -2.53. The predicted octanol–water partition coefficient (Wildman–Crippen LogP) is 1.98. The largest absolute Gasteiger partial charge is 0.396 e. The summed E-state index contributed by atoms with van der Waals surface area (Å²) in [6, 6.07) is 0. The Morgan fingerprint density at radius 1 is 1.40 bits per heavy atom. The lowest BCUT2D eigenvalue weighted by molar-refractivity contribution is -0.0700. The molecule has 1 heterocycles.